The summed E-state index contributed by atoms with van der Waals surface area (Å²) in [5.74, 6) is 0. The van der Waals surface area contributed by atoms with Crippen LogP contribution in [-0.4, -0.2) is 24.4 Å². The Kier molecular flexibility index (Phi) is 7.08. The summed E-state index contributed by atoms with van der Waals surface area (Å²) in [6, 6.07) is 0. The summed E-state index contributed by atoms with van der Waals surface area (Å²) in [5, 5.41) is 0. The summed E-state index contributed by atoms with van der Waals surface area (Å²) in [6.07, 6.45) is 9.01. The van der Waals surface area contributed by atoms with E-state index in [-0.39, 0.29) is 0 Å². The summed E-state index contributed by atoms with van der Waals surface area (Å²) in [6.45, 7) is 6.24. The molecule has 0 atom stereocenters. The molecule has 12 heavy (non-hydrogen) atoms. The van der Waals surface area contributed by atoms with Gasteiger partial charge in [-0.1, -0.05) is 32.6 Å². The summed E-state index contributed by atoms with van der Waals surface area (Å²) in [7, 11) is -1.47. The second kappa shape index (κ2) is 6.86. The first kappa shape index (κ1) is 12.4. The molecular weight excluding hydrogens is 167 g/mol. The molecule has 0 amide bonds. The van der Waals surface area contributed by atoms with E-state index in [0.717, 1.165) is 6.16 Å². The van der Waals surface area contributed by atoms with Gasteiger partial charge < -0.3 is 0 Å². The van der Waals surface area contributed by atoms with E-state index in [9.17, 15) is 4.89 Å². The van der Waals surface area contributed by atoms with Crippen LogP contribution in [0.25, 0.3) is 0 Å². The second-order valence-electron chi connectivity index (χ2n) is 4.11. The molecule has 0 bridgehead atoms. The normalized spacial score (nSPS) is 12.0. The molecule has 0 unspecified atom stereocenters. The van der Waals surface area contributed by atoms with Crippen molar-refractivity contribution in [1.82, 2.24) is 0 Å². The van der Waals surface area contributed by atoms with Gasteiger partial charge in [-0.05, 0) is 12.8 Å². The highest BCUT2D eigenvalue weighted by atomic mass is 31.2. The van der Waals surface area contributed by atoms with Crippen molar-refractivity contribution in [2.75, 3.05) is 19.5 Å². The molecule has 1 nitrogen and oxygen atoms in total. The highest BCUT2D eigenvalue weighted by molar-refractivity contribution is 7.68. The van der Waals surface area contributed by atoms with Crippen LogP contribution in [0.2, 0.25) is 0 Å². The molecule has 0 aliphatic rings. The van der Waals surface area contributed by atoms with E-state index < -0.39 is 7.49 Å². The molecular formula is C10H24OP+. The zero-order chi connectivity index (χ0) is 9.45. The lowest BCUT2D eigenvalue weighted by molar-refractivity contribution is 0.592. The van der Waals surface area contributed by atoms with Crippen molar-refractivity contribution in [3.63, 3.8) is 0 Å². The summed E-state index contributed by atoms with van der Waals surface area (Å²) in [5.41, 5.74) is 0. The van der Waals surface area contributed by atoms with Crippen molar-refractivity contribution in [1.29, 1.82) is 0 Å². The fourth-order valence-corrected chi connectivity index (χ4v) is 2.28. The van der Waals surface area contributed by atoms with Crippen LogP contribution in [0.15, 0.2) is 0 Å². The van der Waals surface area contributed by atoms with Gasteiger partial charge in [0, 0.05) is 0 Å². The molecule has 0 spiro atoms. The lowest BCUT2D eigenvalue weighted by atomic mass is 10.1. The van der Waals surface area contributed by atoms with Crippen LogP contribution >= 0.6 is 7.49 Å². The molecule has 0 saturated heterocycles. The SMILES string of the molecule is CCCCCCCC[P+](C)(C)O. The molecule has 74 valence electrons. The molecule has 0 aromatic rings. The van der Waals surface area contributed by atoms with Crippen LogP contribution < -0.4 is 0 Å². The summed E-state index contributed by atoms with van der Waals surface area (Å²) in [4.78, 5) is 9.53. The van der Waals surface area contributed by atoms with Crippen molar-refractivity contribution >= 4 is 7.49 Å². The van der Waals surface area contributed by atoms with Gasteiger partial charge in [0.2, 0.25) is 0 Å². The Labute approximate surface area is 78.0 Å². The van der Waals surface area contributed by atoms with E-state index in [2.05, 4.69) is 6.92 Å². The molecule has 0 aliphatic carbocycles. The maximum Gasteiger partial charge on any atom is 0.136 e. The minimum absolute atomic E-state index is 1.05. The predicted molar refractivity (Wildman–Crippen MR) is 59.2 cm³/mol. The van der Waals surface area contributed by atoms with Crippen LogP contribution in [0, 0.1) is 0 Å². The van der Waals surface area contributed by atoms with Gasteiger partial charge in [0.15, 0.2) is 0 Å². The minimum Gasteiger partial charge on any atom is -0.252 e. The number of unbranched alkanes of at least 4 members (excludes halogenated alkanes) is 5. The van der Waals surface area contributed by atoms with E-state index in [4.69, 9.17) is 0 Å². The smallest absolute Gasteiger partial charge is 0.136 e. The lowest BCUT2D eigenvalue weighted by Crippen LogP contribution is -1.93. The van der Waals surface area contributed by atoms with Crippen LogP contribution in [0.1, 0.15) is 45.4 Å². The van der Waals surface area contributed by atoms with Crippen molar-refractivity contribution in [3.05, 3.63) is 0 Å². The Morgan fingerprint density at radius 2 is 1.42 bits per heavy atom. The van der Waals surface area contributed by atoms with E-state index >= 15 is 0 Å². The van der Waals surface area contributed by atoms with E-state index in [1.165, 1.54) is 38.5 Å². The van der Waals surface area contributed by atoms with Gasteiger partial charge in [0.05, 0.1) is 19.5 Å². The van der Waals surface area contributed by atoms with Crippen molar-refractivity contribution in [2.45, 2.75) is 45.4 Å². The van der Waals surface area contributed by atoms with Crippen molar-refractivity contribution in [2.24, 2.45) is 0 Å². The topological polar surface area (TPSA) is 20.2 Å². The molecule has 0 rings (SSSR count). The van der Waals surface area contributed by atoms with E-state index in [0.29, 0.717) is 0 Å². The Morgan fingerprint density at radius 1 is 0.917 bits per heavy atom. The fraction of sp³-hybridized carbons (Fsp3) is 1.00. The van der Waals surface area contributed by atoms with Gasteiger partial charge in [-0.15, -0.1) is 0 Å². The Balaban J connectivity index is 3.01. The first-order chi connectivity index (χ1) is 5.56. The maximum atomic E-state index is 9.53. The number of hydrogen-bond donors (Lipinski definition) is 1. The fourth-order valence-electron chi connectivity index (χ4n) is 1.28. The zero-order valence-electron chi connectivity index (χ0n) is 8.84. The first-order valence-corrected chi connectivity index (χ1v) is 7.94. The van der Waals surface area contributed by atoms with Gasteiger partial charge in [0.25, 0.3) is 0 Å². The van der Waals surface area contributed by atoms with Crippen LogP contribution in [0.3, 0.4) is 0 Å². The minimum atomic E-state index is -1.47. The highest BCUT2D eigenvalue weighted by Gasteiger charge is 2.18. The predicted octanol–water partition coefficient (Wildman–Crippen LogP) is 3.53. The Bertz CT molecular complexity index is 96.5. The molecule has 0 fully saturated rings. The van der Waals surface area contributed by atoms with Gasteiger partial charge in [-0.3, -0.25) is 4.89 Å². The van der Waals surface area contributed by atoms with E-state index in [1.54, 1.807) is 0 Å². The monoisotopic (exact) mass is 191 g/mol. The number of hydrogen-bond acceptors (Lipinski definition) is 1. The average Bonchev–Trinajstić information content (AvgIpc) is 1.94. The zero-order valence-corrected chi connectivity index (χ0v) is 9.74. The van der Waals surface area contributed by atoms with Crippen molar-refractivity contribution < 1.29 is 4.89 Å². The van der Waals surface area contributed by atoms with Gasteiger partial charge >= 0.3 is 0 Å². The maximum absolute atomic E-state index is 9.53. The molecule has 0 radical (unpaired) electrons. The third-order valence-corrected chi connectivity index (χ3v) is 3.47. The molecule has 2 heteroatoms. The lowest BCUT2D eigenvalue weighted by Gasteiger charge is -2.08. The molecule has 0 saturated carbocycles. The molecule has 0 aromatic heterocycles. The molecule has 1 N–H and O–H groups in total. The average molecular weight is 191 g/mol. The van der Waals surface area contributed by atoms with Gasteiger partial charge in [-0.2, -0.15) is 0 Å². The van der Waals surface area contributed by atoms with Crippen LogP contribution in [0.5, 0.6) is 0 Å². The van der Waals surface area contributed by atoms with E-state index in [1.807, 2.05) is 13.3 Å². The Morgan fingerprint density at radius 3 is 1.92 bits per heavy atom. The highest BCUT2D eigenvalue weighted by Crippen LogP contribution is 2.46. The molecule has 0 heterocycles. The summed E-state index contributed by atoms with van der Waals surface area (Å²) < 4.78 is 0. The molecule has 0 aliphatic heterocycles. The van der Waals surface area contributed by atoms with Gasteiger partial charge in [0.1, 0.15) is 7.49 Å². The third kappa shape index (κ3) is 10.4. The van der Waals surface area contributed by atoms with Crippen LogP contribution in [0.4, 0.5) is 0 Å². The second-order valence-corrected chi connectivity index (χ2v) is 7.80. The number of rotatable bonds is 7. The summed E-state index contributed by atoms with van der Waals surface area (Å²) >= 11 is 0. The first-order valence-electron chi connectivity index (χ1n) is 5.12. The van der Waals surface area contributed by atoms with Crippen molar-refractivity contribution in [3.8, 4) is 0 Å². The quantitative estimate of drug-likeness (QED) is 0.482. The standard InChI is InChI=1S/C10H24OP/c1-4-5-6-7-8-9-10-12(2,3)11/h11H,4-10H2,1-3H3/q+1. The Hall–Kier alpha value is 0.390. The van der Waals surface area contributed by atoms with Crippen LogP contribution in [-0.2, 0) is 0 Å². The third-order valence-electron chi connectivity index (χ3n) is 2.06. The largest absolute Gasteiger partial charge is 0.252 e. The van der Waals surface area contributed by atoms with Gasteiger partial charge in [-0.25, -0.2) is 0 Å². The molecule has 0 aromatic carbocycles.